The fourth-order valence-electron chi connectivity index (χ4n) is 3.08. The third-order valence-corrected chi connectivity index (χ3v) is 5.64. The highest BCUT2D eigenvalue weighted by atomic mass is 32.2. The van der Waals surface area contributed by atoms with E-state index in [9.17, 15) is 14.8 Å². The van der Waals surface area contributed by atoms with Crippen molar-refractivity contribution < 1.29 is 14.2 Å². The van der Waals surface area contributed by atoms with E-state index in [0.717, 1.165) is 10.5 Å². The molecule has 29 heavy (non-hydrogen) atoms. The van der Waals surface area contributed by atoms with Crippen LogP contribution in [0.2, 0.25) is 0 Å². The molecule has 1 unspecified atom stereocenters. The summed E-state index contributed by atoms with van der Waals surface area (Å²) in [6.07, 6.45) is -0.337. The smallest absolute Gasteiger partial charge is 0.144 e. The Labute approximate surface area is 173 Å². The SMILES string of the molecule is CC#Cc1ccc(SN2CC(CO)[C@@H](Oc3ccc(C#N)c(F)c3)C2)c(C#N)c1. The number of benzene rings is 2. The van der Waals surface area contributed by atoms with Crippen LogP contribution in [0.4, 0.5) is 4.39 Å². The molecule has 0 spiro atoms. The molecule has 1 fully saturated rings. The average Bonchev–Trinajstić information content (AvgIpc) is 3.10. The standard InChI is InChI=1S/C22H18FN3O2S/c1-2-3-15-4-7-22(17(8-15)11-25)29-26-12-18(14-27)21(13-26)28-19-6-5-16(10-24)20(23)9-19/h4-9,18,21,27H,12-14H2,1H3/t18?,21-/m0/s1. The lowest BCUT2D eigenvalue weighted by Gasteiger charge is -2.18. The molecule has 1 N–H and O–H groups in total. The normalized spacial score (nSPS) is 18.4. The molecule has 7 heteroatoms. The van der Waals surface area contributed by atoms with Crippen LogP contribution >= 0.6 is 11.9 Å². The zero-order valence-electron chi connectivity index (χ0n) is 15.7. The van der Waals surface area contributed by atoms with Crippen molar-refractivity contribution in [1.29, 1.82) is 10.5 Å². The van der Waals surface area contributed by atoms with Gasteiger partial charge in [-0.3, -0.25) is 0 Å². The molecule has 1 aliphatic rings. The van der Waals surface area contributed by atoms with Gasteiger partial charge in [0.1, 0.15) is 29.8 Å². The maximum absolute atomic E-state index is 13.8. The molecular formula is C22H18FN3O2S. The van der Waals surface area contributed by atoms with Gasteiger partial charge in [0.15, 0.2) is 0 Å². The molecule has 2 aromatic carbocycles. The molecular weight excluding hydrogens is 389 g/mol. The predicted molar refractivity (Wildman–Crippen MR) is 107 cm³/mol. The van der Waals surface area contributed by atoms with Gasteiger partial charge in [-0.25, -0.2) is 8.70 Å². The molecule has 0 amide bonds. The zero-order valence-corrected chi connectivity index (χ0v) is 16.5. The Kier molecular flexibility index (Phi) is 6.75. The summed E-state index contributed by atoms with van der Waals surface area (Å²) < 4.78 is 21.7. The van der Waals surface area contributed by atoms with Gasteiger partial charge in [0.05, 0.1) is 17.7 Å². The minimum absolute atomic E-state index is 0.0418. The number of rotatable bonds is 5. The largest absolute Gasteiger partial charge is 0.489 e. The Morgan fingerprint density at radius 2 is 1.97 bits per heavy atom. The van der Waals surface area contributed by atoms with E-state index in [1.165, 1.54) is 24.1 Å². The number of halogens is 1. The van der Waals surface area contributed by atoms with Crippen LogP contribution in [0, 0.1) is 46.2 Å². The molecule has 2 aromatic rings. The summed E-state index contributed by atoms with van der Waals surface area (Å²) in [5.74, 6) is 5.28. The molecule has 5 nitrogen and oxygen atoms in total. The second kappa shape index (κ2) is 9.45. The van der Waals surface area contributed by atoms with Gasteiger partial charge in [-0.2, -0.15) is 10.5 Å². The molecule has 2 atom stereocenters. The van der Waals surface area contributed by atoms with Gasteiger partial charge in [-0.15, -0.1) is 5.92 Å². The van der Waals surface area contributed by atoms with E-state index < -0.39 is 5.82 Å². The summed E-state index contributed by atoms with van der Waals surface area (Å²) in [5, 5.41) is 28.0. The Morgan fingerprint density at radius 3 is 2.62 bits per heavy atom. The molecule has 146 valence electrons. The van der Waals surface area contributed by atoms with Gasteiger partial charge in [0.2, 0.25) is 0 Å². The van der Waals surface area contributed by atoms with Crippen LogP contribution in [0.5, 0.6) is 5.75 Å². The zero-order chi connectivity index (χ0) is 20.8. The van der Waals surface area contributed by atoms with Crippen LogP contribution in [0.1, 0.15) is 23.6 Å². The highest BCUT2D eigenvalue weighted by Gasteiger charge is 2.35. The van der Waals surface area contributed by atoms with E-state index in [-0.39, 0.29) is 24.2 Å². The first-order chi connectivity index (χ1) is 14.1. The fourth-order valence-corrected chi connectivity index (χ4v) is 4.18. The number of aliphatic hydroxyl groups excluding tert-OH is 1. The van der Waals surface area contributed by atoms with Gasteiger partial charge in [-0.05, 0) is 49.2 Å². The van der Waals surface area contributed by atoms with Crippen LogP contribution in [0.25, 0.3) is 0 Å². The Balaban J connectivity index is 1.72. The Bertz CT molecular complexity index is 1050. The van der Waals surface area contributed by atoms with E-state index in [0.29, 0.717) is 24.4 Å². The number of nitrogens with zero attached hydrogens (tertiary/aromatic N) is 3. The average molecular weight is 407 g/mol. The van der Waals surface area contributed by atoms with Crippen LogP contribution in [0.15, 0.2) is 41.3 Å². The summed E-state index contributed by atoms with van der Waals surface area (Å²) in [6, 6.07) is 13.6. The number of hydrogen-bond acceptors (Lipinski definition) is 6. The lowest BCUT2D eigenvalue weighted by molar-refractivity contribution is 0.122. The van der Waals surface area contributed by atoms with Crippen molar-refractivity contribution in [3.63, 3.8) is 0 Å². The number of nitriles is 2. The molecule has 1 saturated heterocycles. The Hall–Kier alpha value is -3.02. The van der Waals surface area contributed by atoms with E-state index in [2.05, 4.69) is 17.9 Å². The van der Waals surface area contributed by atoms with Crippen molar-refractivity contribution in [2.24, 2.45) is 5.92 Å². The maximum Gasteiger partial charge on any atom is 0.144 e. The molecule has 0 aromatic heterocycles. The monoisotopic (exact) mass is 407 g/mol. The summed E-state index contributed by atoms with van der Waals surface area (Å²) >= 11 is 1.43. The van der Waals surface area contributed by atoms with E-state index in [1.807, 2.05) is 16.4 Å². The van der Waals surface area contributed by atoms with Crippen molar-refractivity contribution in [2.75, 3.05) is 19.7 Å². The minimum atomic E-state index is -0.635. The second-order valence-electron chi connectivity index (χ2n) is 6.49. The first-order valence-electron chi connectivity index (χ1n) is 8.95. The van der Waals surface area contributed by atoms with Crippen molar-refractivity contribution in [2.45, 2.75) is 17.9 Å². The molecule has 3 rings (SSSR count). The van der Waals surface area contributed by atoms with Crippen molar-refractivity contribution >= 4 is 11.9 Å². The topological polar surface area (TPSA) is 80.3 Å². The van der Waals surface area contributed by atoms with E-state index in [4.69, 9.17) is 10.00 Å². The molecule has 0 bridgehead atoms. The highest BCUT2D eigenvalue weighted by Crippen LogP contribution is 2.33. The van der Waals surface area contributed by atoms with Gasteiger partial charge < -0.3 is 9.84 Å². The maximum atomic E-state index is 13.8. The molecule has 1 heterocycles. The summed E-state index contributed by atoms with van der Waals surface area (Å²) in [5.41, 5.74) is 1.28. The summed E-state index contributed by atoms with van der Waals surface area (Å²) in [4.78, 5) is 0.802. The third kappa shape index (κ3) is 4.88. The van der Waals surface area contributed by atoms with Crippen LogP contribution in [0.3, 0.4) is 0 Å². The Morgan fingerprint density at radius 1 is 1.17 bits per heavy atom. The van der Waals surface area contributed by atoms with Crippen LogP contribution < -0.4 is 4.74 Å². The minimum Gasteiger partial charge on any atom is -0.489 e. The first kappa shape index (κ1) is 20.7. The molecule has 0 aliphatic carbocycles. The highest BCUT2D eigenvalue weighted by molar-refractivity contribution is 7.97. The quantitative estimate of drug-likeness (QED) is 0.605. The fraction of sp³-hybridized carbons (Fsp3) is 0.273. The van der Waals surface area contributed by atoms with E-state index >= 15 is 0 Å². The second-order valence-corrected chi connectivity index (χ2v) is 7.63. The van der Waals surface area contributed by atoms with Gasteiger partial charge in [0.25, 0.3) is 0 Å². The van der Waals surface area contributed by atoms with Crippen molar-refractivity contribution in [1.82, 2.24) is 4.31 Å². The number of ether oxygens (including phenoxy) is 1. The molecule has 1 aliphatic heterocycles. The molecule has 0 radical (unpaired) electrons. The lowest BCUT2D eigenvalue weighted by atomic mass is 10.1. The third-order valence-electron chi connectivity index (χ3n) is 4.53. The van der Waals surface area contributed by atoms with Crippen molar-refractivity contribution in [3.8, 4) is 29.7 Å². The number of aliphatic hydroxyl groups is 1. The van der Waals surface area contributed by atoms with E-state index in [1.54, 1.807) is 25.1 Å². The first-order valence-corrected chi connectivity index (χ1v) is 9.72. The van der Waals surface area contributed by atoms with Crippen molar-refractivity contribution in [3.05, 3.63) is 58.9 Å². The summed E-state index contributed by atoms with van der Waals surface area (Å²) in [6.45, 7) is 2.73. The lowest BCUT2D eigenvalue weighted by Crippen LogP contribution is -2.28. The van der Waals surface area contributed by atoms with Gasteiger partial charge >= 0.3 is 0 Å². The van der Waals surface area contributed by atoms with Gasteiger partial charge in [0, 0.05) is 35.5 Å². The number of hydrogen-bond donors (Lipinski definition) is 1. The van der Waals surface area contributed by atoms with Gasteiger partial charge in [-0.1, -0.05) is 5.92 Å². The molecule has 0 saturated carbocycles. The summed E-state index contributed by atoms with van der Waals surface area (Å²) in [7, 11) is 0. The van der Waals surface area contributed by atoms with Crippen LogP contribution in [-0.2, 0) is 0 Å². The van der Waals surface area contributed by atoms with Crippen LogP contribution in [-0.4, -0.2) is 35.2 Å². The predicted octanol–water partition coefficient (Wildman–Crippen LogP) is 3.32.